The Morgan fingerprint density at radius 1 is 0.971 bits per heavy atom. The molecule has 1 N–H and O–H groups in total. The van der Waals surface area contributed by atoms with E-state index in [4.69, 9.17) is 9.47 Å². The number of nitrogens with one attached hydrogen (secondary N) is 1. The second-order valence-corrected chi connectivity index (χ2v) is 9.88. The summed E-state index contributed by atoms with van der Waals surface area (Å²) in [5.41, 5.74) is 2.87. The number of carbonyl (C=O) groups excluding carboxylic acids is 1. The van der Waals surface area contributed by atoms with E-state index in [1.54, 1.807) is 19.2 Å². The maximum atomic E-state index is 13.2. The van der Waals surface area contributed by atoms with Crippen LogP contribution in [0.15, 0.2) is 77.7 Å². The first-order chi connectivity index (χ1) is 16.5. The van der Waals surface area contributed by atoms with Gasteiger partial charge in [-0.05, 0) is 72.9 Å². The number of carbonyl (C=O) groups is 1. The molecule has 0 unspecified atom stereocenters. The van der Waals surface area contributed by atoms with Crippen LogP contribution in [0.4, 0.5) is 5.69 Å². The number of aryl methyl sites for hydroxylation is 1. The number of rotatable bonds is 9. The average molecular weight is 481 g/mol. The van der Waals surface area contributed by atoms with Gasteiger partial charge in [0.05, 0.1) is 17.7 Å². The van der Waals surface area contributed by atoms with E-state index in [0.717, 1.165) is 35.4 Å². The fraction of sp³-hybridized carbons (Fsp3) is 0.269. The molecule has 4 rings (SSSR count). The summed E-state index contributed by atoms with van der Waals surface area (Å²) < 4.78 is 38.6. The van der Waals surface area contributed by atoms with Crippen molar-refractivity contribution in [2.75, 3.05) is 31.1 Å². The molecule has 0 aromatic heterocycles. The third-order valence-corrected chi connectivity index (χ3v) is 7.57. The van der Waals surface area contributed by atoms with Crippen molar-refractivity contribution in [3.05, 3.63) is 83.9 Å². The van der Waals surface area contributed by atoms with Crippen molar-refractivity contribution in [1.29, 1.82) is 0 Å². The summed E-state index contributed by atoms with van der Waals surface area (Å²) in [6.07, 6.45) is 2.35. The number of nitrogens with zero attached hydrogens (tertiary/aromatic N) is 1. The maximum absolute atomic E-state index is 13.2. The molecular weight excluding hydrogens is 452 g/mol. The molecule has 0 saturated carbocycles. The highest BCUT2D eigenvalue weighted by Gasteiger charge is 2.28. The summed E-state index contributed by atoms with van der Waals surface area (Å²) in [7, 11) is -2.06. The number of hydrogen-bond donors (Lipinski definition) is 1. The van der Waals surface area contributed by atoms with Crippen LogP contribution >= 0.6 is 0 Å². The average Bonchev–Trinajstić information content (AvgIpc) is 2.87. The summed E-state index contributed by atoms with van der Waals surface area (Å²) in [6, 6.07) is 21.5. The first-order valence-electron chi connectivity index (χ1n) is 11.2. The van der Waals surface area contributed by atoms with E-state index in [-0.39, 0.29) is 17.4 Å². The standard InChI is InChI=1S/C26H28N2O5S/c1-32-22-10-8-20(9-11-22)16-17-27-26(29)19-33-23-12-14-24(15-13-23)34(30,31)28-18-4-6-21-5-2-3-7-25(21)28/h2-3,5,7-15H,4,6,16-19H2,1H3,(H,27,29). The number of amides is 1. The molecule has 1 amide bonds. The first-order valence-corrected chi connectivity index (χ1v) is 12.6. The molecule has 1 aliphatic rings. The Kier molecular flexibility index (Phi) is 7.37. The number of benzene rings is 3. The van der Waals surface area contributed by atoms with Gasteiger partial charge in [-0.1, -0.05) is 30.3 Å². The van der Waals surface area contributed by atoms with Crippen LogP contribution in [0, 0.1) is 0 Å². The van der Waals surface area contributed by atoms with Crippen LogP contribution in [0.3, 0.4) is 0 Å². The van der Waals surface area contributed by atoms with Gasteiger partial charge in [-0.3, -0.25) is 9.10 Å². The van der Waals surface area contributed by atoms with Gasteiger partial charge in [0.1, 0.15) is 11.5 Å². The van der Waals surface area contributed by atoms with Crippen molar-refractivity contribution in [2.24, 2.45) is 0 Å². The monoisotopic (exact) mass is 480 g/mol. The van der Waals surface area contributed by atoms with Gasteiger partial charge in [-0.2, -0.15) is 0 Å². The Bertz CT molecular complexity index is 1220. The lowest BCUT2D eigenvalue weighted by atomic mass is 10.0. The van der Waals surface area contributed by atoms with E-state index >= 15 is 0 Å². The minimum absolute atomic E-state index is 0.145. The molecular formula is C26H28N2O5S. The number of para-hydroxylation sites is 1. The SMILES string of the molecule is COc1ccc(CCNC(=O)COc2ccc(S(=O)(=O)N3CCCc4ccccc43)cc2)cc1. The Labute approximate surface area is 200 Å². The molecule has 3 aromatic carbocycles. The molecule has 0 atom stereocenters. The molecule has 0 aliphatic carbocycles. The van der Waals surface area contributed by atoms with Gasteiger partial charge >= 0.3 is 0 Å². The zero-order chi connectivity index (χ0) is 24.0. The zero-order valence-corrected chi connectivity index (χ0v) is 19.9. The first kappa shape index (κ1) is 23.6. The predicted molar refractivity (Wildman–Crippen MR) is 131 cm³/mol. The van der Waals surface area contributed by atoms with E-state index < -0.39 is 10.0 Å². The van der Waals surface area contributed by atoms with Gasteiger partial charge in [0, 0.05) is 13.1 Å². The van der Waals surface area contributed by atoms with E-state index in [1.165, 1.54) is 16.4 Å². The van der Waals surface area contributed by atoms with Crippen LogP contribution in [-0.2, 0) is 27.7 Å². The quantitative estimate of drug-likeness (QED) is 0.506. The van der Waals surface area contributed by atoms with Crippen molar-refractivity contribution < 1.29 is 22.7 Å². The molecule has 178 valence electrons. The summed E-state index contributed by atoms with van der Waals surface area (Å²) in [6.45, 7) is 0.797. The van der Waals surface area contributed by atoms with Crippen LogP contribution in [-0.4, -0.2) is 41.1 Å². The Morgan fingerprint density at radius 2 is 1.68 bits per heavy atom. The van der Waals surface area contributed by atoms with Crippen molar-refractivity contribution in [2.45, 2.75) is 24.2 Å². The second kappa shape index (κ2) is 10.6. The fourth-order valence-electron chi connectivity index (χ4n) is 3.92. The van der Waals surface area contributed by atoms with Crippen LogP contribution in [0.2, 0.25) is 0 Å². The Morgan fingerprint density at radius 3 is 2.41 bits per heavy atom. The number of anilines is 1. The van der Waals surface area contributed by atoms with E-state index in [0.29, 0.717) is 25.3 Å². The normalized spacial score (nSPS) is 13.1. The third kappa shape index (κ3) is 5.51. The van der Waals surface area contributed by atoms with Crippen molar-refractivity contribution in [3.63, 3.8) is 0 Å². The predicted octanol–water partition coefficient (Wildman–Crippen LogP) is 3.57. The molecule has 0 bridgehead atoms. The number of methoxy groups -OCH3 is 1. The lowest BCUT2D eigenvalue weighted by molar-refractivity contribution is -0.123. The molecule has 8 heteroatoms. The fourth-order valence-corrected chi connectivity index (χ4v) is 5.46. The van der Waals surface area contributed by atoms with Crippen LogP contribution in [0.5, 0.6) is 11.5 Å². The smallest absolute Gasteiger partial charge is 0.264 e. The molecule has 0 saturated heterocycles. The molecule has 0 radical (unpaired) electrons. The van der Waals surface area contributed by atoms with Gasteiger partial charge in [0.2, 0.25) is 0 Å². The van der Waals surface area contributed by atoms with Crippen molar-refractivity contribution in [1.82, 2.24) is 5.32 Å². The number of ether oxygens (including phenoxy) is 2. The van der Waals surface area contributed by atoms with E-state index in [9.17, 15) is 13.2 Å². The summed E-state index contributed by atoms with van der Waals surface area (Å²) in [5, 5.41) is 2.82. The molecule has 0 spiro atoms. The molecule has 1 aliphatic heterocycles. The van der Waals surface area contributed by atoms with Gasteiger partial charge < -0.3 is 14.8 Å². The van der Waals surface area contributed by atoms with Crippen molar-refractivity contribution in [3.8, 4) is 11.5 Å². The molecule has 1 heterocycles. The third-order valence-electron chi connectivity index (χ3n) is 5.74. The highest BCUT2D eigenvalue weighted by Crippen LogP contribution is 2.32. The van der Waals surface area contributed by atoms with Gasteiger partial charge in [-0.15, -0.1) is 0 Å². The highest BCUT2D eigenvalue weighted by molar-refractivity contribution is 7.92. The topological polar surface area (TPSA) is 84.9 Å². The van der Waals surface area contributed by atoms with E-state index in [2.05, 4.69) is 5.32 Å². The lowest BCUT2D eigenvalue weighted by Gasteiger charge is -2.30. The maximum Gasteiger partial charge on any atom is 0.264 e. The summed E-state index contributed by atoms with van der Waals surface area (Å²) >= 11 is 0. The Balaban J connectivity index is 1.29. The largest absolute Gasteiger partial charge is 0.497 e. The number of fused-ring (bicyclic) bond motifs is 1. The number of hydrogen-bond acceptors (Lipinski definition) is 5. The lowest BCUT2D eigenvalue weighted by Crippen LogP contribution is -2.35. The van der Waals surface area contributed by atoms with Gasteiger partial charge in [0.25, 0.3) is 15.9 Å². The Hall–Kier alpha value is -3.52. The molecule has 7 nitrogen and oxygen atoms in total. The highest BCUT2D eigenvalue weighted by atomic mass is 32.2. The number of sulfonamides is 1. The van der Waals surface area contributed by atoms with Gasteiger partial charge in [-0.25, -0.2) is 8.42 Å². The van der Waals surface area contributed by atoms with Crippen LogP contribution in [0.25, 0.3) is 0 Å². The molecule has 34 heavy (non-hydrogen) atoms. The molecule has 3 aromatic rings. The molecule has 0 fully saturated rings. The van der Waals surface area contributed by atoms with Gasteiger partial charge in [0.15, 0.2) is 6.61 Å². The van der Waals surface area contributed by atoms with E-state index in [1.807, 2.05) is 48.5 Å². The minimum Gasteiger partial charge on any atom is -0.497 e. The van der Waals surface area contributed by atoms with Crippen LogP contribution in [0.1, 0.15) is 17.5 Å². The van der Waals surface area contributed by atoms with Crippen molar-refractivity contribution >= 4 is 21.6 Å². The zero-order valence-electron chi connectivity index (χ0n) is 19.1. The summed E-state index contributed by atoms with van der Waals surface area (Å²) in [5.74, 6) is 0.985. The van der Waals surface area contributed by atoms with Crippen LogP contribution < -0.4 is 19.1 Å². The minimum atomic E-state index is -3.68. The summed E-state index contributed by atoms with van der Waals surface area (Å²) in [4.78, 5) is 12.3. The second-order valence-electron chi connectivity index (χ2n) is 8.02.